The van der Waals surface area contributed by atoms with Gasteiger partial charge < -0.3 is 0 Å². The van der Waals surface area contributed by atoms with Gasteiger partial charge in [0.25, 0.3) is 0 Å². The van der Waals surface area contributed by atoms with Crippen LogP contribution in [0.25, 0.3) is 0 Å². The molecule has 26 heavy (non-hydrogen) atoms. The van der Waals surface area contributed by atoms with Crippen LogP contribution in [-0.2, 0) is 0 Å². The predicted molar refractivity (Wildman–Crippen MR) is 116 cm³/mol. The minimum Gasteiger partial charge on any atom is -0.100 e. The SMILES string of the molecule is CCCCCC1CCC2(CC1)CC1(CCC(CCCCC)CC1)C2(Cl)Cl. The molecule has 3 saturated carbocycles. The molecule has 152 valence electrons. The summed E-state index contributed by atoms with van der Waals surface area (Å²) >= 11 is 14.4. The molecule has 2 heteroatoms. The second-order valence-corrected chi connectivity index (χ2v) is 11.5. The molecule has 0 N–H and O–H groups in total. The molecule has 0 aromatic carbocycles. The van der Waals surface area contributed by atoms with Crippen molar-refractivity contribution in [2.24, 2.45) is 22.7 Å². The Morgan fingerprint density at radius 3 is 1.35 bits per heavy atom. The molecule has 3 rings (SSSR count). The van der Waals surface area contributed by atoms with E-state index in [-0.39, 0.29) is 10.8 Å². The molecule has 0 bridgehead atoms. The van der Waals surface area contributed by atoms with E-state index < -0.39 is 4.33 Å². The summed E-state index contributed by atoms with van der Waals surface area (Å²) in [4.78, 5) is 0. The van der Waals surface area contributed by atoms with E-state index >= 15 is 0 Å². The van der Waals surface area contributed by atoms with Crippen LogP contribution >= 0.6 is 23.2 Å². The van der Waals surface area contributed by atoms with Gasteiger partial charge >= 0.3 is 0 Å². The van der Waals surface area contributed by atoms with Crippen LogP contribution in [0.2, 0.25) is 0 Å². The van der Waals surface area contributed by atoms with E-state index in [1.807, 2.05) is 0 Å². The molecule has 2 spiro atoms. The second-order valence-electron chi connectivity index (χ2n) is 10.2. The Kier molecular flexibility index (Phi) is 7.32. The molecule has 0 amide bonds. The Balaban J connectivity index is 1.48. The standard InChI is InChI=1S/C24H42Cl2/c1-3-5-7-9-20-11-15-22(16-12-20)19-23(24(22,25)26)17-13-21(14-18-23)10-8-6-4-2/h20-21H,3-19H2,1-2H3. The summed E-state index contributed by atoms with van der Waals surface area (Å²) in [6.07, 6.45) is 23.2. The Hall–Kier alpha value is 0.580. The van der Waals surface area contributed by atoms with Crippen molar-refractivity contribution in [2.75, 3.05) is 0 Å². The Bertz CT molecular complexity index is 387. The van der Waals surface area contributed by atoms with Gasteiger partial charge in [-0.05, 0) is 69.6 Å². The van der Waals surface area contributed by atoms with Gasteiger partial charge in [0.1, 0.15) is 4.33 Å². The van der Waals surface area contributed by atoms with E-state index in [0.29, 0.717) is 0 Å². The van der Waals surface area contributed by atoms with E-state index in [4.69, 9.17) is 23.2 Å². The van der Waals surface area contributed by atoms with E-state index in [1.54, 1.807) is 0 Å². The molecule has 0 heterocycles. The number of hydrogen-bond donors (Lipinski definition) is 0. The number of alkyl halides is 2. The molecule has 0 nitrogen and oxygen atoms in total. The maximum atomic E-state index is 7.19. The topological polar surface area (TPSA) is 0 Å². The number of hydrogen-bond acceptors (Lipinski definition) is 0. The molecular weight excluding hydrogens is 359 g/mol. The Morgan fingerprint density at radius 2 is 1.04 bits per heavy atom. The summed E-state index contributed by atoms with van der Waals surface area (Å²) in [6, 6.07) is 0. The van der Waals surface area contributed by atoms with Gasteiger partial charge in [0.2, 0.25) is 0 Å². The molecule has 0 saturated heterocycles. The van der Waals surface area contributed by atoms with Crippen LogP contribution in [0.15, 0.2) is 0 Å². The molecular formula is C24H42Cl2. The van der Waals surface area contributed by atoms with Gasteiger partial charge in [-0.3, -0.25) is 0 Å². The average molecular weight is 402 g/mol. The zero-order chi connectivity index (χ0) is 18.7. The molecule has 3 aliphatic carbocycles. The number of rotatable bonds is 8. The monoisotopic (exact) mass is 400 g/mol. The molecule has 0 unspecified atom stereocenters. The Labute approximate surface area is 173 Å². The van der Waals surface area contributed by atoms with Gasteiger partial charge in [-0.1, -0.05) is 65.2 Å². The molecule has 3 fully saturated rings. The zero-order valence-corrected chi connectivity index (χ0v) is 18.9. The lowest BCUT2D eigenvalue weighted by molar-refractivity contribution is -0.115. The third-order valence-electron chi connectivity index (χ3n) is 8.57. The van der Waals surface area contributed by atoms with E-state index in [0.717, 1.165) is 11.8 Å². The fourth-order valence-corrected chi connectivity index (χ4v) is 7.73. The first-order chi connectivity index (χ1) is 12.5. The minimum atomic E-state index is -0.442. The van der Waals surface area contributed by atoms with Crippen LogP contribution in [0.3, 0.4) is 0 Å². The highest BCUT2D eigenvalue weighted by molar-refractivity contribution is 6.50. The highest BCUT2D eigenvalue weighted by Crippen LogP contribution is 2.76. The van der Waals surface area contributed by atoms with E-state index in [1.165, 1.54) is 109 Å². The largest absolute Gasteiger partial charge is 0.129 e. The first kappa shape index (κ1) is 21.3. The van der Waals surface area contributed by atoms with Crippen LogP contribution in [-0.4, -0.2) is 4.33 Å². The van der Waals surface area contributed by atoms with Gasteiger partial charge in [-0.2, -0.15) is 0 Å². The Morgan fingerprint density at radius 1 is 0.654 bits per heavy atom. The normalized spacial score (nSPS) is 39.2. The maximum Gasteiger partial charge on any atom is 0.129 e. The predicted octanol–water partition coefficient (Wildman–Crippen LogP) is 9.08. The van der Waals surface area contributed by atoms with Crippen LogP contribution in [0, 0.1) is 22.7 Å². The molecule has 0 radical (unpaired) electrons. The third kappa shape index (κ3) is 3.98. The molecule has 0 atom stereocenters. The van der Waals surface area contributed by atoms with Gasteiger partial charge in [0.15, 0.2) is 0 Å². The number of unbranched alkanes of at least 4 members (excludes halogenated alkanes) is 4. The first-order valence-corrected chi connectivity index (χ1v) is 12.6. The van der Waals surface area contributed by atoms with Crippen molar-refractivity contribution in [3.63, 3.8) is 0 Å². The highest BCUT2D eigenvalue weighted by atomic mass is 35.5. The lowest BCUT2D eigenvalue weighted by Gasteiger charge is -2.69. The van der Waals surface area contributed by atoms with Crippen molar-refractivity contribution in [2.45, 2.75) is 127 Å². The zero-order valence-electron chi connectivity index (χ0n) is 17.4. The van der Waals surface area contributed by atoms with Crippen molar-refractivity contribution < 1.29 is 0 Å². The maximum absolute atomic E-state index is 7.19. The van der Waals surface area contributed by atoms with Gasteiger partial charge in [-0.25, -0.2) is 0 Å². The summed E-state index contributed by atoms with van der Waals surface area (Å²) in [7, 11) is 0. The fourth-order valence-electron chi connectivity index (χ4n) is 6.71. The molecule has 0 aromatic rings. The highest BCUT2D eigenvalue weighted by Gasteiger charge is 2.72. The van der Waals surface area contributed by atoms with Gasteiger partial charge in [-0.15, -0.1) is 23.2 Å². The van der Waals surface area contributed by atoms with Crippen LogP contribution < -0.4 is 0 Å². The lowest BCUT2D eigenvalue weighted by Crippen LogP contribution is -2.66. The van der Waals surface area contributed by atoms with Crippen molar-refractivity contribution in [3.8, 4) is 0 Å². The summed E-state index contributed by atoms with van der Waals surface area (Å²) in [5, 5.41) is 0. The fraction of sp³-hybridized carbons (Fsp3) is 1.00. The molecule has 0 aromatic heterocycles. The van der Waals surface area contributed by atoms with Crippen LogP contribution in [0.5, 0.6) is 0 Å². The van der Waals surface area contributed by atoms with Crippen molar-refractivity contribution in [1.29, 1.82) is 0 Å². The number of halogens is 2. The van der Waals surface area contributed by atoms with Gasteiger partial charge in [0, 0.05) is 10.8 Å². The van der Waals surface area contributed by atoms with Crippen molar-refractivity contribution in [1.82, 2.24) is 0 Å². The van der Waals surface area contributed by atoms with E-state index in [2.05, 4.69) is 13.8 Å². The first-order valence-electron chi connectivity index (χ1n) is 11.9. The van der Waals surface area contributed by atoms with Crippen molar-refractivity contribution in [3.05, 3.63) is 0 Å². The summed E-state index contributed by atoms with van der Waals surface area (Å²) < 4.78 is -0.442. The molecule has 3 aliphatic rings. The third-order valence-corrected chi connectivity index (χ3v) is 10.2. The minimum absolute atomic E-state index is 0.256. The van der Waals surface area contributed by atoms with Gasteiger partial charge in [0.05, 0.1) is 0 Å². The quantitative estimate of drug-likeness (QED) is 0.281. The van der Waals surface area contributed by atoms with E-state index in [9.17, 15) is 0 Å². The average Bonchev–Trinajstić information content (AvgIpc) is 2.65. The van der Waals surface area contributed by atoms with Crippen molar-refractivity contribution >= 4 is 23.2 Å². The molecule has 0 aliphatic heterocycles. The lowest BCUT2D eigenvalue weighted by atomic mass is 9.43. The summed E-state index contributed by atoms with van der Waals surface area (Å²) in [5.74, 6) is 1.89. The summed E-state index contributed by atoms with van der Waals surface area (Å²) in [5.41, 5.74) is 0.513. The second kappa shape index (κ2) is 8.94. The van der Waals surface area contributed by atoms with Crippen LogP contribution in [0.4, 0.5) is 0 Å². The summed E-state index contributed by atoms with van der Waals surface area (Å²) in [6.45, 7) is 4.61. The smallest absolute Gasteiger partial charge is 0.100 e. The van der Waals surface area contributed by atoms with Crippen LogP contribution in [0.1, 0.15) is 123 Å².